The van der Waals surface area contributed by atoms with E-state index in [-0.39, 0.29) is 22.1 Å². The largest absolute Gasteiger partial charge is 0.545 e. The van der Waals surface area contributed by atoms with Crippen LogP contribution in [0.2, 0.25) is 5.02 Å². The summed E-state index contributed by atoms with van der Waals surface area (Å²) in [5, 5.41) is 11.0. The second-order valence-corrected chi connectivity index (χ2v) is 2.88. The van der Waals surface area contributed by atoms with Gasteiger partial charge in [0.25, 0.3) is 0 Å². The molecular weight excluding hydrogens is 208 g/mol. The molecule has 0 fully saturated rings. The smallest absolute Gasteiger partial charge is 0.138 e. The molecule has 0 aromatic heterocycles. The lowest BCUT2D eigenvalue weighted by molar-refractivity contribution is -0.255. The van der Waals surface area contributed by atoms with E-state index in [0.717, 1.165) is 0 Å². The third-order valence-corrected chi connectivity index (χ3v) is 1.99. The van der Waals surface area contributed by atoms with E-state index in [1.54, 1.807) is 0 Å². The van der Waals surface area contributed by atoms with Gasteiger partial charge < -0.3 is 19.4 Å². The summed E-state index contributed by atoms with van der Waals surface area (Å²) >= 11 is 5.77. The maximum atomic E-state index is 10.7. The van der Waals surface area contributed by atoms with E-state index < -0.39 is 5.97 Å². The van der Waals surface area contributed by atoms with Crippen molar-refractivity contribution in [2.45, 2.75) is 0 Å². The minimum atomic E-state index is -1.34. The van der Waals surface area contributed by atoms with Crippen LogP contribution in [0.4, 0.5) is 0 Å². The molecule has 0 atom stereocenters. The molecule has 0 aliphatic carbocycles. The van der Waals surface area contributed by atoms with Crippen molar-refractivity contribution < 1.29 is 19.4 Å². The molecular formula is C9H8ClO4-. The van der Waals surface area contributed by atoms with E-state index in [2.05, 4.69) is 0 Å². The first-order valence-electron chi connectivity index (χ1n) is 3.73. The van der Waals surface area contributed by atoms with Crippen LogP contribution in [0, 0.1) is 0 Å². The fourth-order valence-electron chi connectivity index (χ4n) is 1.02. The van der Waals surface area contributed by atoms with Crippen molar-refractivity contribution in [3.63, 3.8) is 0 Å². The molecule has 0 radical (unpaired) electrons. The van der Waals surface area contributed by atoms with Crippen molar-refractivity contribution in [1.82, 2.24) is 0 Å². The normalized spacial score (nSPS) is 9.64. The SMILES string of the molecule is COc1cc(C(=O)[O-])c(OC)cc1Cl. The number of ether oxygens (including phenoxy) is 2. The van der Waals surface area contributed by atoms with Crippen LogP contribution in [0.1, 0.15) is 10.4 Å². The molecule has 0 amide bonds. The van der Waals surface area contributed by atoms with Crippen LogP contribution in [0.15, 0.2) is 12.1 Å². The van der Waals surface area contributed by atoms with E-state index in [0.29, 0.717) is 0 Å². The molecule has 5 heteroatoms. The Morgan fingerprint density at radius 2 is 1.86 bits per heavy atom. The first-order chi connectivity index (χ1) is 6.60. The van der Waals surface area contributed by atoms with Crippen LogP contribution in [0.5, 0.6) is 11.5 Å². The Morgan fingerprint density at radius 3 is 2.29 bits per heavy atom. The Balaban J connectivity index is 3.32. The summed E-state index contributed by atoms with van der Waals surface area (Å²) in [5.74, 6) is -0.917. The fraction of sp³-hybridized carbons (Fsp3) is 0.222. The molecule has 14 heavy (non-hydrogen) atoms. The van der Waals surface area contributed by atoms with E-state index in [4.69, 9.17) is 21.1 Å². The lowest BCUT2D eigenvalue weighted by Gasteiger charge is -2.12. The van der Waals surface area contributed by atoms with Gasteiger partial charge in [-0.25, -0.2) is 0 Å². The maximum absolute atomic E-state index is 10.7. The Morgan fingerprint density at radius 1 is 1.29 bits per heavy atom. The fourth-order valence-corrected chi connectivity index (χ4v) is 1.25. The van der Waals surface area contributed by atoms with Gasteiger partial charge in [-0.05, 0) is 6.07 Å². The van der Waals surface area contributed by atoms with Gasteiger partial charge in [-0.2, -0.15) is 0 Å². The Hall–Kier alpha value is -1.42. The average Bonchev–Trinajstić information content (AvgIpc) is 2.16. The van der Waals surface area contributed by atoms with Gasteiger partial charge in [0.1, 0.15) is 11.5 Å². The molecule has 0 N–H and O–H groups in total. The molecule has 1 aromatic rings. The van der Waals surface area contributed by atoms with E-state index in [9.17, 15) is 9.90 Å². The lowest BCUT2D eigenvalue weighted by atomic mass is 10.2. The number of rotatable bonds is 3. The van der Waals surface area contributed by atoms with E-state index >= 15 is 0 Å². The Labute approximate surface area is 86.0 Å². The van der Waals surface area contributed by atoms with Gasteiger partial charge in [-0.1, -0.05) is 11.6 Å². The highest BCUT2D eigenvalue weighted by Gasteiger charge is 2.10. The first kappa shape index (κ1) is 10.7. The van der Waals surface area contributed by atoms with E-state index in [1.807, 2.05) is 0 Å². The highest BCUT2D eigenvalue weighted by Crippen LogP contribution is 2.31. The molecule has 0 saturated carbocycles. The molecule has 0 unspecified atom stereocenters. The van der Waals surface area contributed by atoms with Gasteiger partial charge in [-0.3, -0.25) is 0 Å². The second-order valence-electron chi connectivity index (χ2n) is 2.47. The van der Waals surface area contributed by atoms with Crippen LogP contribution in [0.25, 0.3) is 0 Å². The summed E-state index contributed by atoms with van der Waals surface area (Å²) in [6, 6.07) is 2.63. The Kier molecular flexibility index (Phi) is 3.19. The topological polar surface area (TPSA) is 58.6 Å². The minimum absolute atomic E-state index is 0.0891. The maximum Gasteiger partial charge on any atom is 0.138 e. The number of carboxylic acid groups (broad SMARTS) is 1. The summed E-state index contributed by atoms with van der Waals surface area (Å²) in [7, 11) is 2.75. The average molecular weight is 216 g/mol. The van der Waals surface area contributed by atoms with Crippen molar-refractivity contribution in [2.24, 2.45) is 0 Å². The van der Waals surface area contributed by atoms with Crippen LogP contribution >= 0.6 is 11.6 Å². The molecule has 0 heterocycles. The van der Waals surface area contributed by atoms with Crippen LogP contribution in [0.3, 0.4) is 0 Å². The molecule has 1 aromatic carbocycles. The third kappa shape index (κ3) is 1.90. The van der Waals surface area contributed by atoms with Gasteiger partial charge in [0.05, 0.1) is 25.2 Å². The van der Waals surface area contributed by atoms with Crippen molar-refractivity contribution in [3.8, 4) is 11.5 Å². The highest BCUT2D eigenvalue weighted by atomic mass is 35.5. The predicted molar refractivity (Wildman–Crippen MR) is 48.9 cm³/mol. The van der Waals surface area contributed by atoms with Gasteiger partial charge in [0.2, 0.25) is 0 Å². The van der Waals surface area contributed by atoms with Gasteiger partial charge >= 0.3 is 0 Å². The third-order valence-electron chi connectivity index (χ3n) is 1.69. The summed E-state index contributed by atoms with van der Waals surface area (Å²) in [5.41, 5.74) is -0.0891. The standard InChI is InChI=1S/C9H9ClO4/c1-13-7-4-6(10)8(14-2)3-5(7)9(11)12/h3-4H,1-2H3,(H,11,12)/p-1. The van der Waals surface area contributed by atoms with Crippen molar-refractivity contribution >= 4 is 17.6 Å². The van der Waals surface area contributed by atoms with Crippen LogP contribution in [-0.2, 0) is 0 Å². The number of carbonyl (C=O) groups is 1. The number of carboxylic acids is 1. The molecule has 0 aliphatic rings. The molecule has 1 rings (SSSR count). The molecule has 4 nitrogen and oxygen atoms in total. The van der Waals surface area contributed by atoms with Gasteiger partial charge in [0.15, 0.2) is 0 Å². The number of halogens is 1. The zero-order valence-corrected chi connectivity index (χ0v) is 8.42. The van der Waals surface area contributed by atoms with Crippen molar-refractivity contribution in [2.75, 3.05) is 14.2 Å². The summed E-state index contributed by atoms with van der Waals surface area (Å²) < 4.78 is 9.68. The van der Waals surface area contributed by atoms with Crippen molar-refractivity contribution in [3.05, 3.63) is 22.7 Å². The number of hydrogen-bond acceptors (Lipinski definition) is 4. The van der Waals surface area contributed by atoms with Crippen LogP contribution < -0.4 is 14.6 Å². The zero-order chi connectivity index (χ0) is 10.7. The summed E-state index contributed by atoms with van der Waals surface area (Å²) in [4.78, 5) is 10.7. The van der Waals surface area contributed by atoms with Gasteiger partial charge in [-0.15, -0.1) is 0 Å². The lowest BCUT2D eigenvalue weighted by Crippen LogP contribution is -2.23. The first-order valence-corrected chi connectivity index (χ1v) is 4.10. The zero-order valence-electron chi connectivity index (χ0n) is 7.67. The summed E-state index contributed by atoms with van der Waals surface area (Å²) in [6.07, 6.45) is 0. The van der Waals surface area contributed by atoms with E-state index in [1.165, 1.54) is 26.4 Å². The minimum Gasteiger partial charge on any atom is -0.545 e. The molecule has 76 valence electrons. The summed E-state index contributed by atoms with van der Waals surface area (Å²) in [6.45, 7) is 0. The second kappa shape index (κ2) is 4.19. The number of hydrogen-bond donors (Lipinski definition) is 0. The van der Waals surface area contributed by atoms with Crippen LogP contribution in [-0.4, -0.2) is 20.2 Å². The molecule has 0 spiro atoms. The number of aromatic carboxylic acids is 1. The highest BCUT2D eigenvalue weighted by molar-refractivity contribution is 6.32. The Bertz CT molecular complexity index is 362. The number of carbonyl (C=O) groups excluding carboxylic acids is 1. The van der Waals surface area contributed by atoms with Crippen molar-refractivity contribution in [1.29, 1.82) is 0 Å². The predicted octanol–water partition coefficient (Wildman–Crippen LogP) is 0.721. The number of benzene rings is 1. The monoisotopic (exact) mass is 215 g/mol. The molecule has 0 bridgehead atoms. The quantitative estimate of drug-likeness (QED) is 0.746. The molecule has 0 aliphatic heterocycles. The molecule has 0 saturated heterocycles. The number of methoxy groups -OCH3 is 2. The van der Waals surface area contributed by atoms with Gasteiger partial charge in [0, 0.05) is 11.6 Å².